The van der Waals surface area contributed by atoms with Gasteiger partial charge in [0.2, 0.25) is 0 Å². The predicted octanol–water partition coefficient (Wildman–Crippen LogP) is 1.07. The van der Waals surface area contributed by atoms with E-state index in [0.717, 1.165) is 22.5 Å². The van der Waals surface area contributed by atoms with E-state index in [1.54, 1.807) is 0 Å². The average Bonchev–Trinajstić information content (AvgIpc) is 2.21. The summed E-state index contributed by atoms with van der Waals surface area (Å²) in [6.45, 7) is 0. The number of benzene rings is 2. The van der Waals surface area contributed by atoms with Gasteiger partial charge in [-0.3, -0.25) is 0 Å². The third kappa shape index (κ3) is 2.60. The Morgan fingerprint density at radius 2 is 0.800 bits per heavy atom. The molecule has 0 spiro atoms. The highest BCUT2D eigenvalue weighted by atomic mass is 28.1. The minimum atomic E-state index is 0. The van der Waals surface area contributed by atoms with Crippen LogP contribution in [0, 0.1) is 0 Å². The van der Waals surface area contributed by atoms with Crippen LogP contribution in [0.25, 0.3) is 11.1 Å². The Hall–Kier alpha value is -1.74. The van der Waals surface area contributed by atoms with E-state index < -0.39 is 0 Å². The normalized spacial score (nSPS) is 9.33. The Balaban J connectivity index is 0.00000112. The second kappa shape index (κ2) is 4.66. The molecule has 0 fully saturated rings. The largest absolute Gasteiger partial charge is 0.399 e. The van der Waals surface area contributed by atoms with Crippen LogP contribution in [0.2, 0.25) is 0 Å². The lowest BCUT2D eigenvalue weighted by Crippen LogP contribution is -1.85. The van der Waals surface area contributed by atoms with Crippen LogP contribution in [0.15, 0.2) is 48.5 Å². The summed E-state index contributed by atoms with van der Waals surface area (Å²) in [5, 5.41) is 0. The Kier molecular flexibility index (Phi) is 3.52. The smallest absolute Gasteiger partial charge is 0.0314 e. The zero-order valence-electron chi connectivity index (χ0n) is 7.77. The second-order valence-electron chi connectivity index (χ2n) is 3.24. The number of nitrogen functional groups attached to an aromatic ring is 2. The van der Waals surface area contributed by atoms with Gasteiger partial charge in [-0.2, -0.15) is 0 Å². The fourth-order valence-electron chi connectivity index (χ4n) is 1.35. The Morgan fingerprint density at radius 3 is 1.07 bits per heavy atom. The summed E-state index contributed by atoms with van der Waals surface area (Å²) in [6.07, 6.45) is 0. The molecule has 4 N–H and O–H groups in total. The van der Waals surface area contributed by atoms with Crippen molar-refractivity contribution in [3.8, 4) is 11.1 Å². The lowest BCUT2D eigenvalue weighted by molar-refractivity contribution is 1.61. The van der Waals surface area contributed by atoms with Crippen molar-refractivity contribution >= 4 is 22.3 Å². The monoisotopic (exact) mass is 216 g/mol. The molecule has 0 radical (unpaired) electrons. The van der Waals surface area contributed by atoms with E-state index in [4.69, 9.17) is 11.5 Å². The molecule has 0 saturated heterocycles. The predicted molar refractivity (Wildman–Crippen MR) is 72.0 cm³/mol. The van der Waals surface area contributed by atoms with Gasteiger partial charge in [-0.25, -0.2) is 0 Å². The van der Waals surface area contributed by atoms with Gasteiger partial charge >= 0.3 is 0 Å². The van der Waals surface area contributed by atoms with Crippen molar-refractivity contribution < 1.29 is 0 Å². The molecule has 0 saturated carbocycles. The number of anilines is 2. The highest BCUT2D eigenvalue weighted by Crippen LogP contribution is 2.21. The highest BCUT2D eigenvalue weighted by molar-refractivity contribution is 5.75. The molecule has 0 aliphatic rings. The van der Waals surface area contributed by atoms with Crippen molar-refractivity contribution in [1.82, 2.24) is 0 Å². The number of nitrogens with two attached hydrogens (primary N) is 2. The van der Waals surface area contributed by atoms with E-state index in [-0.39, 0.29) is 11.0 Å². The van der Waals surface area contributed by atoms with E-state index in [0.29, 0.717) is 0 Å². The molecule has 2 nitrogen and oxygen atoms in total. The number of hydrogen-bond donors (Lipinski definition) is 2. The van der Waals surface area contributed by atoms with Crippen molar-refractivity contribution in [2.24, 2.45) is 0 Å². The van der Waals surface area contributed by atoms with Crippen LogP contribution in [0.1, 0.15) is 0 Å². The first-order valence-electron chi connectivity index (χ1n) is 4.47. The zero-order valence-corrected chi connectivity index (χ0v) is 7.77. The summed E-state index contributed by atoms with van der Waals surface area (Å²) in [6, 6.07) is 15.6. The fraction of sp³-hybridized carbons (Fsp3) is 0. The first kappa shape index (κ1) is 11.3. The standard InChI is InChI=1S/C12H12N2.H4Si/c13-11-5-1-9(2-6-11)10-3-7-12(14)8-4-10;/h1-8H,13-14H2;1H4. The Morgan fingerprint density at radius 1 is 0.533 bits per heavy atom. The SMILES string of the molecule is Nc1ccc(-c2ccc(N)cc2)cc1.[SiH4]. The van der Waals surface area contributed by atoms with E-state index in [2.05, 4.69) is 0 Å². The lowest BCUT2D eigenvalue weighted by atomic mass is 10.1. The van der Waals surface area contributed by atoms with Crippen LogP contribution in [-0.2, 0) is 0 Å². The third-order valence-electron chi connectivity index (χ3n) is 2.15. The molecule has 2 aromatic carbocycles. The molecule has 15 heavy (non-hydrogen) atoms. The third-order valence-corrected chi connectivity index (χ3v) is 2.15. The van der Waals surface area contributed by atoms with Gasteiger partial charge in [-0.05, 0) is 46.4 Å². The molecule has 0 aromatic heterocycles. The molecule has 2 aromatic rings. The van der Waals surface area contributed by atoms with Crippen molar-refractivity contribution in [3.05, 3.63) is 48.5 Å². The van der Waals surface area contributed by atoms with Crippen LogP contribution in [0.3, 0.4) is 0 Å². The molecule has 78 valence electrons. The molecule has 0 aliphatic heterocycles. The minimum absolute atomic E-state index is 0. The molecule has 0 atom stereocenters. The number of rotatable bonds is 1. The molecule has 0 heterocycles. The topological polar surface area (TPSA) is 52.0 Å². The van der Waals surface area contributed by atoms with E-state index in [1.807, 2.05) is 48.5 Å². The van der Waals surface area contributed by atoms with Gasteiger partial charge in [-0.15, -0.1) is 0 Å². The van der Waals surface area contributed by atoms with Crippen LogP contribution in [0.5, 0.6) is 0 Å². The van der Waals surface area contributed by atoms with Gasteiger partial charge in [0, 0.05) is 11.4 Å². The average molecular weight is 216 g/mol. The molecule has 0 amide bonds. The quantitative estimate of drug-likeness (QED) is 0.553. The van der Waals surface area contributed by atoms with E-state index in [9.17, 15) is 0 Å². The van der Waals surface area contributed by atoms with Gasteiger partial charge in [0.1, 0.15) is 0 Å². The summed E-state index contributed by atoms with van der Waals surface area (Å²) < 4.78 is 0. The molecule has 3 heteroatoms. The van der Waals surface area contributed by atoms with E-state index >= 15 is 0 Å². The maximum Gasteiger partial charge on any atom is 0.0314 e. The Labute approximate surface area is 93.9 Å². The van der Waals surface area contributed by atoms with Crippen molar-refractivity contribution in [2.75, 3.05) is 11.5 Å². The van der Waals surface area contributed by atoms with Crippen molar-refractivity contribution in [3.63, 3.8) is 0 Å². The van der Waals surface area contributed by atoms with Gasteiger partial charge in [0.05, 0.1) is 0 Å². The van der Waals surface area contributed by atoms with Gasteiger partial charge < -0.3 is 11.5 Å². The fourth-order valence-corrected chi connectivity index (χ4v) is 1.35. The second-order valence-corrected chi connectivity index (χ2v) is 3.24. The summed E-state index contributed by atoms with van der Waals surface area (Å²) in [4.78, 5) is 0. The van der Waals surface area contributed by atoms with Crippen LogP contribution in [0.4, 0.5) is 11.4 Å². The first-order chi connectivity index (χ1) is 6.75. The van der Waals surface area contributed by atoms with Crippen molar-refractivity contribution in [2.45, 2.75) is 0 Å². The van der Waals surface area contributed by atoms with Crippen LogP contribution >= 0.6 is 0 Å². The van der Waals surface area contributed by atoms with Crippen LogP contribution < -0.4 is 11.5 Å². The van der Waals surface area contributed by atoms with E-state index in [1.165, 1.54) is 0 Å². The molecule has 2 rings (SSSR count). The molecule has 0 unspecified atom stereocenters. The van der Waals surface area contributed by atoms with Gasteiger partial charge in [0.25, 0.3) is 0 Å². The van der Waals surface area contributed by atoms with Crippen molar-refractivity contribution in [1.29, 1.82) is 0 Å². The summed E-state index contributed by atoms with van der Waals surface area (Å²) in [5.74, 6) is 0. The number of hydrogen-bond acceptors (Lipinski definition) is 2. The molecule has 0 aliphatic carbocycles. The maximum absolute atomic E-state index is 5.61. The van der Waals surface area contributed by atoms with Gasteiger partial charge in [0.15, 0.2) is 0 Å². The molecular weight excluding hydrogens is 200 g/mol. The van der Waals surface area contributed by atoms with Gasteiger partial charge in [-0.1, -0.05) is 24.3 Å². The molecular formula is C12H16N2Si. The first-order valence-corrected chi connectivity index (χ1v) is 4.47. The summed E-state index contributed by atoms with van der Waals surface area (Å²) >= 11 is 0. The summed E-state index contributed by atoms with van der Waals surface area (Å²) in [5.41, 5.74) is 15.1. The minimum Gasteiger partial charge on any atom is -0.399 e. The molecule has 0 bridgehead atoms. The zero-order chi connectivity index (χ0) is 9.97. The maximum atomic E-state index is 5.61. The lowest BCUT2D eigenvalue weighted by Gasteiger charge is -2.02. The summed E-state index contributed by atoms with van der Waals surface area (Å²) in [7, 11) is 0. The van der Waals surface area contributed by atoms with Crippen LogP contribution in [-0.4, -0.2) is 11.0 Å². The highest BCUT2D eigenvalue weighted by Gasteiger charge is 1.95. The Bertz CT molecular complexity index is 377.